The molecular weight excluding hydrogens is 318 g/mol. The van der Waals surface area contributed by atoms with Gasteiger partial charge in [0.1, 0.15) is 12.3 Å². The smallest absolute Gasteiger partial charge is 0.139 e. The van der Waals surface area contributed by atoms with Crippen molar-refractivity contribution in [3.8, 4) is 0 Å². The second-order valence-electron chi connectivity index (χ2n) is 5.91. The maximum Gasteiger partial charge on any atom is 0.139 e. The fraction of sp³-hybridized carbons (Fsp3) is 0.368. The van der Waals surface area contributed by atoms with Crippen molar-refractivity contribution in [2.45, 2.75) is 38.1 Å². The Labute approximate surface area is 147 Å². The molecule has 130 valence electrons. The quantitative estimate of drug-likeness (QED) is 0.410. The molecule has 25 heavy (non-hydrogen) atoms. The predicted octanol–water partition coefficient (Wildman–Crippen LogP) is 4.21. The minimum atomic E-state index is -0.504. The zero-order valence-electron chi connectivity index (χ0n) is 13.9. The average Bonchev–Trinajstić information content (AvgIpc) is 3.04. The fourth-order valence-corrected chi connectivity index (χ4v) is 2.79. The lowest BCUT2D eigenvalue weighted by atomic mass is 10.1. The van der Waals surface area contributed by atoms with Crippen LogP contribution in [0.15, 0.2) is 65.8 Å². The van der Waals surface area contributed by atoms with Gasteiger partial charge >= 0.3 is 0 Å². The summed E-state index contributed by atoms with van der Waals surface area (Å²) in [5.41, 5.74) is 10.8. The van der Waals surface area contributed by atoms with Crippen LogP contribution in [-0.2, 0) is 27.4 Å². The summed E-state index contributed by atoms with van der Waals surface area (Å²) in [6.45, 7) is 1.40. The highest BCUT2D eigenvalue weighted by atomic mass is 16.6. The van der Waals surface area contributed by atoms with E-state index in [9.17, 15) is 0 Å². The van der Waals surface area contributed by atoms with Crippen molar-refractivity contribution in [1.82, 2.24) is 0 Å². The summed E-state index contributed by atoms with van der Waals surface area (Å²) in [6.07, 6.45) is -0.374. The maximum atomic E-state index is 8.64. The van der Waals surface area contributed by atoms with Gasteiger partial charge in [0.25, 0.3) is 0 Å². The standard InChI is InChI=1S/C19H21N3O3/c20-22-21-19-11-17(24-13-16-9-5-2-6-10-16)18(25-19)14-23-12-15-7-3-1-4-8-15/h1-10,17-19H,11-14H2/t17-,18+,19-/m0/s1. The second-order valence-corrected chi connectivity index (χ2v) is 5.91. The second kappa shape index (κ2) is 9.20. The Kier molecular flexibility index (Phi) is 6.42. The van der Waals surface area contributed by atoms with E-state index in [0.717, 1.165) is 11.1 Å². The molecule has 1 heterocycles. The lowest BCUT2D eigenvalue weighted by Crippen LogP contribution is -2.29. The lowest BCUT2D eigenvalue weighted by molar-refractivity contribution is -0.0701. The third-order valence-corrected chi connectivity index (χ3v) is 4.06. The van der Waals surface area contributed by atoms with Crippen LogP contribution in [-0.4, -0.2) is 25.0 Å². The maximum absolute atomic E-state index is 8.64. The highest BCUT2D eigenvalue weighted by Crippen LogP contribution is 2.26. The van der Waals surface area contributed by atoms with Gasteiger partial charge in [0, 0.05) is 11.3 Å². The average molecular weight is 339 g/mol. The van der Waals surface area contributed by atoms with Gasteiger partial charge in [-0.1, -0.05) is 65.8 Å². The van der Waals surface area contributed by atoms with Crippen LogP contribution in [0.5, 0.6) is 0 Å². The molecular formula is C19H21N3O3. The van der Waals surface area contributed by atoms with E-state index in [1.165, 1.54) is 0 Å². The molecule has 1 saturated heterocycles. The molecule has 0 bridgehead atoms. The van der Waals surface area contributed by atoms with E-state index in [0.29, 0.717) is 26.2 Å². The van der Waals surface area contributed by atoms with E-state index in [4.69, 9.17) is 19.7 Å². The van der Waals surface area contributed by atoms with E-state index in [1.807, 2.05) is 60.7 Å². The molecule has 3 rings (SSSR count). The molecule has 0 radical (unpaired) electrons. The van der Waals surface area contributed by atoms with Gasteiger partial charge in [-0.05, 0) is 16.7 Å². The Balaban J connectivity index is 1.53. The molecule has 2 aromatic carbocycles. The Hall–Kier alpha value is -2.37. The van der Waals surface area contributed by atoms with E-state index < -0.39 is 6.23 Å². The molecule has 2 aromatic rings. The van der Waals surface area contributed by atoms with Gasteiger partial charge in [0.05, 0.1) is 25.9 Å². The summed E-state index contributed by atoms with van der Waals surface area (Å²) >= 11 is 0. The van der Waals surface area contributed by atoms with Crippen molar-refractivity contribution in [2.75, 3.05) is 6.61 Å². The Morgan fingerprint density at radius 1 is 1.00 bits per heavy atom. The molecule has 0 aliphatic carbocycles. The first kappa shape index (κ1) is 17.5. The van der Waals surface area contributed by atoms with E-state index >= 15 is 0 Å². The minimum absolute atomic E-state index is 0.161. The highest BCUT2D eigenvalue weighted by Gasteiger charge is 2.35. The molecule has 1 aliphatic heterocycles. The number of rotatable bonds is 8. The van der Waals surface area contributed by atoms with Crippen LogP contribution in [0, 0.1) is 0 Å². The van der Waals surface area contributed by atoms with Crippen molar-refractivity contribution in [3.05, 3.63) is 82.2 Å². The highest BCUT2D eigenvalue weighted by molar-refractivity contribution is 5.14. The first-order valence-electron chi connectivity index (χ1n) is 8.32. The zero-order chi connectivity index (χ0) is 17.3. The van der Waals surface area contributed by atoms with Crippen LogP contribution >= 0.6 is 0 Å². The number of hydrogen-bond acceptors (Lipinski definition) is 4. The molecule has 3 atom stereocenters. The first-order chi connectivity index (χ1) is 12.3. The summed E-state index contributed by atoms with van der Waals surface area (Å²) in [5, 5.41) is 3.67. The number of nitrogens with zero attached hydrogens (tertiary/aromatic N) is 3. The SMILES string of the molecule is [N-]=[N+]=N[C@@H]1C[C@H](OCc2ccccc2)[C@@H](COCc2ccccc2)O1. The summed E-state index contributed by atoms with van der Waals surface area (Å²) in [7, 11) is 0. The van der Waals surface area contributed by atoms with Crippen molar-refractivity contribution >= 4 is 0 Å². The van der Waals surface area contributed by atoms with Crippen LogP contribution < -0.4 is 0 Å². The van der Waals surface area contributed by atoms with Gasteiger partial charge in [0.15, 0.2) is 0 Å². The van der Waals surface area contributed by atoms with E-state index in [-0.39, 0.29) is 12.2 Å². The van der Waals surface area contributed by atoms with Crippen LogP contribution in [0.1, 0.15) is 17.5 Å². The van der Waals surface area contributed by atoms with Crippen molar-refractivity contribution < 1.29 is 14.2 Å². The third kappa shape index (κ3) is 5.31. The van der Waals surface area contributed by atoms with Crippen molar-refractivity contribution in [3.63, 3.8) is 0 Å². The van der Waals surface area contributed by atoms with Gasteiger partial charge in [-0.2, -0.15) is 0 Å². The lowest BCUT2D eigenvalue weighted by Gasteiger charge is -2.19. The first-order valence-corrected chi connectivity index (χ1v) is 8.32. The van der Waals surface area contributed by atoms with Gasteiger partial charge in [-0.15, -0.1) is 0 Å². The Morgan fingerprint density at radius 3 is 2.28 bits per heavy atom. The van der Waals surface area contributed by atoms with Crippen LogP contribution in [0.25, 0.3) is 10.4 Å². The summed E-state index contributed by atoms with van der Waals surface area (Å²) < 4.78 is 17.5. The molecule has 0 spiro atoms. The van der Waals surface area contributed by atoms with Gasteiger partial charge < -0.3 is 14.2 Å². The summed E-state index contributed by atoms with van der Waals surface area (Å²) in [6, 6.07) is 19.9. The molecule has 6 heteroatoms. The summed E-state index contributed by atoms with van der Waals surface area (Å²) in [4.78, 5) is 2.84. The monoisotopic (exact) mass is 339 g/mol. The number of benzene rings is 2. The molecule has 6 nitrogen and oxygen atoms in total. The normalized spacial score (nSPS) is 22.5. The van der Waals surface area contributed by atoms with E-state index in [1.54, 1.807) is 0 Å². The molecule has 0 saturated carbocycles. The largest absolute Gasteiger partial charge is 0.374 e. The zero-order valence-corrected chi connectivity index (χ0v) is 13.9. The summed E-state index contributed by atoms with van der Waals surface area (Å²) in [5.74, 6) is 0. The van der Waals surface area contributed by atoms with Crippen molar-refractivity contribution in [1.29, 1.82) is 0 Å². The molecule has 0 N–H and O–H groups in total. The third-order valence-electron chi connectivity index (χ3n) is 4.06. The van der Waals surface area contributed by atoms with Gasteiger partial charge in [-0.25, -0.2) is 0 Å². The van der Waals surface area contributed by atoms with Crippen LogP contribution in [0.2, 0.25) is 0 Å². The minimum Gasteiger partial charge on any atom is -0.374 e. The fourth-order valence-electron chi connectivity index (χ4n) is 2.79. The Morgan fingerprint density at radius 2 is 1.64 bits per heavy atom. The van der Waals surface area contributed by atoms with Crippen LogP contribution in [0.4, 0.5) is 0 Å². The predicted molar refractivity (Wildman–Crippen MR) is 93.5 cm³/mol. The van der Waals surface area contributed by atoms with E-state index in [2.05, 4.69) is 10.0 Å². The molecule has 0 aromatic heterocycles. The number of ether oxygens (including phenoxy) is 3. The number of hydrogen-bond donors (Lipinski definition) is 0. The topological polar surface area (TPSA) is 76.5 Å². The molecule has 0 amide bonds. The van der Waals surface area contributed by atoms with Crippen molar-refractivity contribution in [2.24, 2.45) is 5.11 Å². The number of azide groups is 1. The van der Waals surface area contributed by atoms with Gasteiger partial charge in [-0.3, -0.25) is 0 Å². The van der Waals surface area contributed by atoms with Gasteiger partial charge in [0.2, 0.25) is 0 Å². The van der Waals surface area contributed by atoms with Crippen LogP contribution in [0.3, 0.4) is 0 Å². The molecule has 0 unspecified atom stereocenters. The molecule has 1 fully saturated rings. The Bertz CT molecular complexity index is 690. The molecule has 1 aliphatic rings.